The molecular formula is C9H13NO4. The zero-order valence-electron chi connectivity index (χ0n) is 8.02. The summed E-state index contributed by atoms with van der Waals surface area (Å²) in [6.07, 6.45) is 1.90. The molecule has 0 aromatic carbocycles. The van der Waals surface area contributed by atoms with Crippen molar-refractivity contribution in [1.29, 1.82) is 0 Å². The Morgan fingerprint density at radius 1 is 1.64 bits per heavy atom. The second-order valence-electron chi connectivity index (χ2n) is 4.47. The van der Waals surface area contributed by atoms with E-state index < -0.39 is 16.1 Å². The fourth-order valence-electron chi connectivity index (χ4n) is 3.05. The predicted octanol–water partition coefficient (Wildman–Crippen LogP) is 0.526. The van der Waals surface area contributed by atoms with Crippen molar-refractivity contribution in [3.8, 4) is 0 Å². The average Bonchev–Trinajstić information content (AvgIpc) is 2.54. The van der Waals surface area contributed by atoms with E-state index in [4.69, 9.17) is 0 Å². The molecule has 0 amide bonds. The van der Waals surface area contributed by atoms with Gasteiger partial charge in [0.15, 0.2) is 11.4 Å². The van der Waals surface area contributed by atoms with Gasteiger partial charge in [-0.3, -0.25) is 14.9 Å². The molecule has 1 N–H and O–H groups in total. The Balaban J connectivity index is 2.52. The van der Waals surface area contributed by atoms with Crippen LogP contribution in [-0.2, 0) is 4.79 Å². The maximum absolute atomic E-state index is 11.5. The van der Waals surface area contributed by atoms with Crippen LogP contribution in [-0.4, -0.2) is 27.0 Å². The van der Waals surface area contributed by atoms with Gasteiger partial charge in [0.2, 0.25) is 0 Å². The summed E-state index contributed by atoms with van der Waals surface area (Å²) in [5.74, 6) is -0.640. The van der Waals surface area contributed by atoms with Crippen LogP contribution in [0.5, 0.6) is 0 Å². The number of ketones is 1. The van der Waals surface area contributed by atoms with E-state index in [0.29, 0.717) is 12.8 Å². The lowest BCUT2D eigenvalue weighted by Crippen LogP contribution is -2.57. The molecule has 2 aliphatic carbocycles. The number of hydrogen-bond donors (Lipinski definition) is 1. The molecule has 2 rings (SSSR count). The predicted molar refractivity (Wildman–Crippen MR) is 47.3 cm³/mol. The van der Waals surface area contributed by atoms with E-state index >= 15 is 0 Å². The zero-order chi connectivity index (χ0) is 10.6. The maximum Gasteiger partial charge on any atom is 0.260 e. The van der Waals surface area contributed by atoms with E-state index in [9.17, 15) is 20.0 Å². The van der Waals surface area contributed by atoms with Crippen molar-refractivity contribution in [3.63, 3.8) is 0 Å². The van der Waals surface area contributed by atoms with Gasteiger partial charge in [-0.2, -0.15) is 0 Å². The van der Waals surface area contributed by atoms with E-state index in [-0.39, 0.29) is 18.1 Å². The fraction of sp³-hybridized carbons (Fsp3) is 0.889. The van der Waals surface area contributed by atoms with E-state index in [1.165, 1.54) is 6.92 Å². The number of aliphatic hydroxyl groups is 1. The molecule has 2 fully saturated rings. The van der Waals surface area contributed by atoms with E-state index in [2.05, 4.69) is 0 Å². The topological polar surface area (TPSA) is 80.4 Å². The van der Waals surface area contributed by atoms with Gasteiger partial charge in [0.1, 0.15) is 0 Å². The third-order valence-electron chi connectivity index (χ3n) is 3.93. The van der Waals surface area contributed by atoms with Gasteiger partial charge in [0.05, 0.1) is 0 Å². The first-order valence-electron chi connectivity index (χ1n) is 4.83. The molecule has 0 bridgehead atoms. The van der Waals surface area contributed by atoms with Crippen LogP contribution in [0.15, 0.2) is 0 Å². The highest BCUT2D eigenvalue weighted by Gasteiger charge is 2.72. The summed E-state index contributed by atoms with van der Waals surface area (Å²) in [5.41, 5.74) is -3.16. The highest BCUT2D eigenvalue weighted by atomic mass is 16.6. The summed E-state index contributed by atoms with van der Waals surface area (Å²) in [6, 6.07) is 0. The molecule has 2 saturated carbocycles. The van der Waals surface area contributed by atoms with Crippen LogP contribution in [0.4, 0.5) is 0 Å². The lowest BCUT2D eigenvalue weighted by molar-refractivity contribution is -0.592. The highest BCUT2D eigenvalue weighted by molar-refractivity contribution is 5.91. The van der Waals surface area contributed by atoms with Gasteiger partial charge in [0.25, 0.3) is 5.54 Å². The molecule has 14 heavy (non-hydrogen) atoms. The normalized spacial score (nSPS) is 46.7. The number of nitrogens with zero attached hydrogens (tertiary/aromatic N) is 1. The number of carbonyl (C=O) groups is 1. The van der Waals surface area contributed by atoms with Crippen molar-refractivity contribution in [2.45, 2.75) is 43.7 Å². The monoisotopic (exact) mass is 199 g/mol. The molecule has 0 unspecified atom stereocenters. The Morgan fingerprint density at radius 3 is 2.79 bits per heavy atom. The quantitative estimate of drug-likeness (QED) is 0.493. The van der Waals surface area contributed by atoms with Crippen molar-refractivity contribution < 1.29 is 14.8 Å². The van der Waals surface area contributed by atoms with Crippen LogP contribution in [0, 0.1) is 16.0 Å². The highest BCUT2D eigenvalue weighted by Crippen LogP contribution is 2.52. The fourth-order valence-corrected chi connectivity index (χ4v) is 3.05. The van der Waals surface area contributed by atoms with E-state index in [1.807, 2.05) is 0 Å². The van der Waals surface area contributed by atoms with Gasteiger partial charge >= 0.3 is 0 Å². The molecule has 0 spiro atoms. The number of fused-ring (bicyclic) bond motifs is 1. The molecule has 5 nitrogen and oxygen atoms in total. The summed E-state index contributed by atoms with van der Waals surface area (Å²) in [7, 11) is 0. The van der Waals surface area contributed by atoms with E-state index in [1.54, 1.807) is 0 Å². The second kappa shape index (κ2) is 2.53. The van der Waals surface area contributed by atoms with Crippen LogP contribution >= 0.6 is 0 Å². The number of Topliss-reactive ketones (excluding diaryl/α,β-unsaturated/α-hetero) is 1. The number of rotatable bonds is 1. The molecule has 0 saturated heterocycles. The summed E-state index contributed by atoms with van der Waals surface area (Å²) >= 11 is 0. The van der Waals surface area contributed by atoms with Crippen LogP contribution in [0.1, 0.15) is 32.6 Å². The van der Waals surface area contributed by atoms with Gasteiger partial charge in [-0.25, -0.2) is 0 Å². The first-order chi connectivity index (χ1) is 6.43. The molecular weight excluding hydrogens is 186 g/mol. The largest absolute Gasteiger partial charge is 0.376 e. The summed E-state index contributed by atoms with van der Waals surface area (Å²) in [6.45, 7) is 1.30. The minimum absolute atomic E-state index is 0.161. The zero-order valence-corrected chi connectivity index (χ0v) is 8.02. The van der Waals surface area contributed by atoms with Crippen molar-refractivity contribution >= 4 is 5.78 Å². The standard InChI is InChI=1S/C9H13NO4/c1-8(12)7(11)5-6-3-2-4-9(6,8)10(13)14/h6,12H,2-5H2,1H3/t6-,8-,9+/m0/s1. The minimum Gasteiger partial charge on any atom is -0.376 e. The van der Waals surface area contributed by atoms with Gasteiger partial charge in [0, 0.05) is 23.7 Å². The van der Waals surface area contributed by atoms with Crippen molar-refractivity contribution in [1.82, 2.24) is 0 Å². The van der Waals surface area contributed by atoms with Crippen molar-refractivity contribution in [2.75, 3.05) is 0 Å². The summed E-state index contributed by atoms with van der Waals surface area (Å²) < 4.78 is 0. The smallest absolute Gasteiger partial charge is 0.260 e. The second-order valence-corrected chi connectivity index (χ2v) is 4.47. The Morgan fingerprint density at radius 2 is 2.29 bits per heavy atom. The van der Waals surface area contributed by atoms with Crippen LogP contribution in [0.25, 0.3) is 0 Å². The lowest BCUT2D eigenvalue weighted by Gasteiger charge is -2.29. The molecule has 0 aromatic rings. The van der Waals surface area contributed by atoms with Crippen molar-refractivity contribution in [2.24, 2.45) is 5.92 Å². The molecule has 3 atom stereocenters. The molecule has 0 aromatic heterocycles. The molecule has 0 radical (unpaired) electrons. The Kier molecular flexibility index (Phi) is 1.73. The Labute approximate surface area is 81.3 Å². The SMILES string of the molecule is C[C@]1(O)C(=O)C[C@@H]2CCC[C@@]21[N+](=O)[O-]. The molecule has 0 heterocycles. The Hall–Kier alpha value is -0.970. The first kappa shape index (κ1) is 9.58. The average molecular weight is 199 g/mol. The van der Waals surface area contributed by atoms with Gasteiger partial charge in [-0.1, -0.05) is 0 Å². The third kappa shape index (κ3) is 0.809. The maximum atomic E-state index is 11.5. The molecule has 5 heteroatoms. The summed E-state index contributed by atoms with van der Waals surface area (Å²) in [4.78, 5) is 22.1. The lowest BCUT2D eigenvalue weighted by atomic mass is 9.80. The molecule has 0 aliphatic heterocycles. The van der Waals surface area contributed by atoms with Crippen LogP contribution in [0.3, 0.4) is 0 Å². The first-order valence-corrected chi connectivity index (χ1v) is 4.83. The van der Waals surface area contributed by atoms with Crippen molar-refractivity contribution in [3.05, 3.63) is 10.1 Å². The van der Waals surface area contributed by atoms with Crippen LogP contribution in [0.2, 0.25) is 0 Å². The third-order valence-corrected chi connectivity index (χ3v) is 3.93. The summed E-state index contributed by atoms with van der Waals surface area (Å²) in [5, 5.41) is 21.0. The Bertz CT molecular complexity index is 312. The van der Waals surface area contributed by atoms with Gasteiger partial charge < -0.3 is 5.11 Å². The number of nitro groups is 1. The number of carbonyl (C=O) groups excluding carboxylic acids is 1. The molecule has 78 valence electrons. The minimum atomic E-state index is -1.77. The van der Waals surface area contributed by atoms with E-state index in [0.717, 1.165) is 6.42 Å². The molecule has 2 aliphatic rings. The van der Waals surface area contributed by atoms with Gasteiger partial charge in [-0.05, 0) is 19.8 Å². The van der Waals surface area contributed by atoms with Gasteiger partial charge in [-0.15, -0.1) is 0 Å². The number of hydrogen-bond acceptors (Lipinski definition) is 4. The van der Waals surface area contributed by atoms with Crippen LogP contribution < -0.4 is 0 Å².